The standard InChI is InChI=1S/C25H27N3O5S2/c1-5-16-28(34(4,30)31)23-12-7-20(8-13-23)25(29)26-21-10-14-24(15-11-21)35(32,33)27-22-9-6-18(2)19(3)17-22/h5-15,17,27H,1,16H2,2-4H3,(H,26,29). The molecular formula is C25H27N3O5S2. The van der Waals surface area contributed by atoms with Crippen LogP contribution < -0.4 is 14.3 Å². The van der Waals surface area contributed by atoms with Gasteiger partial charge in [0.2, 0.25) is 10.0 Å². The zero-order valence-electron chi connectivity index (χ0n) is 19.6. The number of rotatable bonds is 9. The predicted molar refractivity (Wildman–Crippen MR) is 140 cm³/mol. The Kier molecular flexibility index (Phi) is 7.67. The molecule has 3 aromatic rings. The molecule has 35 heavy (non-hydrogen) atoms. The number of carbonyl (C=O) groups is 1. The number of amides is 1. The van der Waals surface area contributed by atoms with Gasteiger partial charge in [-0.1, -0.05) is 12.1 Å². The molecule has 0 atom stereocenters. The molecule has 3 rings (SSSR count). The quantitative estimate of drug-likeness (QED) is 0.414. The van der Waals surface area contributed by atoms with Gasteiger partial charge in [-0.05, 0) is 85.6 Å². The third-order valence-corrected chi connectivity index (χ3v) is 7.85. The van der Waals surface area contributed by atoms with Crippen LogP contribution in [0.2, 0.25) is 0 Å². The molecule has 10 heteroatoms. The monoisotopic (exact) mass is 513 g/mol. The minimum absolute atomic E-state index is 0.0566. The summed E-state index contributed by atoms with van der Waals surface area (Å²) in [5, 5.41) is 2.70. The lowest BCUT2D eigenvalue weighted by Crippen LogP contribution is -2.29. The Morgan fingerprint density at radius 3 is 2.03 bits per heavy atom. The number of aryl methyl sites for hydroxylation is 2. The summed E-state index contributed by atoms with van der Waals surface area (Å²) in [7, 11) is -7.29. The molecule has 0 saturated carbocycles. The molecule has 0 aliphatic rings. The molecule has 0 aliphatic heterocycles. The van der Waals surface area contributed by atoms with Crippen molar-refractivity contribution < 1.29 is 21.6 Å². The first kappa shape index (κ1) is 26.0. The van der Waals surface area contributed by atoms with E-state index in [-0.39, 0.29) is 11.4 Å². The van der Waals surface area contributed by atoms with Gasteiger partial charge in [-0.3, -0.25) is 13.8 Å². The van der Waals surface area contributed by atoms with E-state index in [2.05, 4.69) is 16.6 Å². The molecule has 0 aromatic heterocycles. The molecule has 0 bridgehead atoms. The first-order chi connectivity index (χ1) is 16.4. The van der Waals surface area contributed by atoms with E-state index < -0.39 is 26.0 Å². The van der Waals surface area contributed by atoms with E-state index in [1.54, 1.807) is 12.1 Å². The Hall–Kier alpha value is -3.63. The minimum Gasteiger partial charge on any atom is -0.322 e. The second-order valence-electron chi connectivity index (χ2n) is 8.01. The maximum absolute atomic E-state index is 12.7. The van der Waals surface area contributed by atoms with Crippen molar-refractivity contribution in [3.8, 4) is 0 Å². The molecule has 1 amide bonds. The van der Waals surface area contributed by atoms with E-state index in [1.165, 1.54) is 58.9 Å². The SMILES string of the molecule is C=CCN(c1ccc(C(=O)Nc2ccc(S(=O)(=O)Nc3ccc(C)c(C)c3)cc2)cc1)S(C)(=O)=O. The number of hydrogen-bond donors (Lipinski definition) is 2. The van der Waals surface area contributed by atoms with Crippen molar-refractivity contribution in [1.29, 1.82) is 0 Å². The van der Waals surface area contributed by atoms with Crippen molar-refractivity contribution in [3.63, 3.8) is 0 Å². The topological polar surface area (TPSA) is 113 Å². The number of anilines is 3. The summed E-state index contributed by atoms with van der Waals surface area (Å²) in [4.78, 5) is 12.7. The van der Waals surface area contributed by atoms with E-state index in [0.717, 1.165) is 17.4 Å². The first-order valence-electron chi connectivity index (χ1n) is 10.6. The molecule has 2 N–H and O–H groups in total. The highest BCUT2D eigenvalue weighted by Gasteiger charge is 2.17. The molecule has 8 nitrogen and oxygen atoms in total. The van der Waals surface area contributed by atoms with Gasteiger partial charge in [0.25, 0.3) is 15.9 Å². The molecular weight excluding hydrogens is 486 g/mol. The van der Waals surface area contributed by atoms with Crippen molar-refractivity contribution in [2.75, 3.05) is 27.1 Å². The maximum Gasteiger partial charge on any atom is 0.261 e. The summed E-state index contributed by atoms with van der Waals surface area (Å²) < 4.78 is 53.1. The first-order valence-corrected chi connectivity index (χ1v) is 13.9. The molecule has 0 radical (unpaired) electrons. The molecule has 0 saturated heterocycles. The molecule has 3 aromatic carbocycles. The van der Waals surface area contributed by atoms with Gasteiger partial charge < -0.3 is 5.32 Å². The van der Waals surface area contributed by atoms with Crippen molar-refractivity contribution >= 4 is 43.0 Å². The fourth-order valence-corrected chi connectivity index (χ4v) is 5.20. The third-order valence-electron chi connectivity index (χ3n) is 5.29. The molecule has 0 spiro atoms. The Bertz CT molecular complexity index is 1450. The molecule has 0 fully saturated rings. The number of benzene rings is 3. The van der Waals surface area contributed by atoms with Crippen LogP contribution >= 0.6 is 0 Å². The van der Waals surface area contributed by atoms with Gasteiger partial charge >= 0.3 is 0 Å². The minimum atomic E-state index is -3.79. The lowest BCUT2D eigenvalue weighted by molar-refractivity contribution is 0.102. The van der Waals surface area contributed by atoms with Crippen LogP contribution in [0.1, 0.15) is 21.5 Å². The van der Waals surface area contributed by atoms with Crippen LogP contribution in [0.3, 0.4) is 0 Å². The lowest BCUT2D eigenvalue weighted by Gasteiger charge is -2.20. The summed E-state index contributed by atoms with van der Waals surface area (Å²) in [5.41, 5.74) is 3.64. The van der Waals surface area contributed by atoms with E-state index >= 15 is 0 Å². The fourth-order valence-electron chi connectivity index (χ4n) is 3.27. The average Bonchev–Trinajstić information content (AvgIpc) is 2.79. The smallest absolute Gasteiger partial charge is 0.261 e. The number of nitrogens with one attached hydrogen (secondary N) is 2. The number of nitrogens with zero attached hydrogens (tertiary/aromatic N) is 1. The second kappa shape index (κ2) is 10.3. The van der Waals surface area contributed by atoms with Gasteiger partial charge in [0.1, 0.15) is 0 Å². The Balaban J connectivity index is 1.70. The highest BCUT2D eigenvalue weighted by Crippen LogP contribution is 2.22. The summed E-state index contributed by atoms with van der Waals surface area (Å²) in [5.74, 6) is -0.421. The van der Waals surface area contributed by atoms with Crippen LogP contribution in [0.5, 0.6) is 0 Å². The molecule has 184 valence electrons. The van der Waals surface area contributed by atoms with Crippen LogP contribution in [0.4, 0.5) is 17.1 Å². The number of hydrogen-bond acceptors (Lipinski definition) is 5. The summed E-state index contributed by atoms with van der Waals surface area (Å²) in [6.45, 7) is 7.53. The second-order valence-corrected chi connectivity index (χ2v) is 11.6. The van der Waals surface area contributed by atoms with Crippen molar-refractivity contribution in [3.05, 3.63) is 96.1 Å². The zero-order valence-corrected chi connectivity index (χ0v) is 21.3. The maximum atomic E-state index is 12.7. The van der Waals surface area contributed by atoms with Gasteiger partial charge in [0.15, 0.2) is 0 Å². The van der Waals surface area contributed by atoms with Gasteiger partial charge in [-0.25, -0.2) is 16.8 Å². The highest BCUT2D eigenvalue weighted by atomic mass is 32.2. The van der Waals surface area contributed by atoms with Crippen LogP contribution in [-0.4, -0.2) is 35.5 Å². The van der Waals surface area contributed by atoms with Crippen LogP contribution in [0.25, 0.3) is 0 Å². The zero-order chi connectivity index (χ0) is 25.8. The lowest BCUT2D eigenvalue weighted by atomic mass is 10.1. The van der Waals surface area contributed by atoms with Crippen LogP contribution in [0.15, 0.2) is 84.3 Å². The van der Waals surface area contributed by atoms with Crippen molar-refractivity contribution in [2.45, 2.75) is 18.7 Å². The largest absolute Gasteiger partial charge is 0.322 e. The average molecular weight is 514 g/mol. The van der Waals surface area contributed by atoms with Crippen molar-refractivity contribution in [1.82, 2.24) is 0 Å². The third kappa shape index (κ3) is 6.49. The summed E-state index contributed by atoms with van der Waals surface area (Å²) in [6.07, 6.45) is 2.57. The van der Waals surface area contributed by atoms with Crippen molar-refractivity contribution in [2.24, 2.45) is 0 Å². The normalized spacial score (nSPS) is 11.5. The Morgan fingerprint density at radius 1 is 0.886 bits per heavy atom. The van der Waals surface area contributed by atoms with E-state index in [0.29, 0.717) is 22.6 Å². The molecule has 0 heterocycles. The van der Waals surface area contributed by atoms with Gasteiger partial charge in [-0.2, -0.15) is 0 Å². The molecule has 0 unspecified atom stereocenters. The Labute approximate surface area is 206 Å². The molecule has 0 aliphatic carbocycles. The fraction of sp³-hybridized carbons (Fsp3) is 0.160. The van der Waals surface area contributed by atoms with E-state index in [4.69, 9.17) is 0 Å². The number of carbonyl (C=O) groups excluding carboxylic acids is 1. The number of sulfonamides is 2. The predicted octanol–water partition coefficient (Wildman–Crippen LogP) is 4.31. The van der Waals surface area contributed by atoms with Crippen LogP contribution in [0, 0.1) is 13.8 Å². The van der Waals surface area contributed by atoms with E-state index in [1.807, 2.05) is 19.9 Å². The Morgan fingerprint density at radius 2 is 1.49 bits per heavy atom. The highest BCUT2D eigenvalue weighted by molar-refractivity contribution is 7.92. The summed E-state index contributed by atoms with van der Waals surface area (Å²) >= 11 is 0. The summed E-state index contributed by atoms with van der Waals surface area (Å²) in [6, 6.07) is 17.2. The van der Waals surface area contributed by atoms with Crippen LogP contribution in [-0.2, 0) is 20.0 Å². The van der Waals surface area contributed by atoms with Gasteiger partial charge in [0.05, 0.1) is 23.4 Å². The van der Waals surface area contributed by atoms with Gasteiger partial charge in [0, 0.05) is 16.9 Å². The van der Waals surface area contributed by atoms with Gasteiger partial charge in [-0.15, -0.1) is 6.58 Å². The van der Waals surface area contributed by atoms with E-state index in [9.17, 15) is 21.6 Å².